The van der Waals surface area contributed by atoms with E-state index >= 15 is 0 Å². The van der Waals surface area contributed by atoms with E-state index in [0.717, 1.165) is 47.7 Å². The van der Waals surface area contributed by atoms with Crippen LogP contribution in [0.5, 0.6) is 17.2 Å². The highest BCUT2D eigenvalue weighted by Crippen LogP contribution is 2.65. The van der Waals surface area contributed by atoms with E-state index in [-0.39, 0.29) is 0 Å². The molecule has 0 radical (unpaired) electrons. The smallest absolute Gasteiger partial charge is 0.407 e. The predicted molar refractivity (Wildman–Crippen MR) is 393 cm³/mol. The van der Waals surface area contributed by atoms with E-state index in [9.17, 15) is 0 Å². The van der Waals surface area contributed by atoms with Gasteiger partial charge in [0.2, 0.25) is 19.5 Å². The van der Waals surface area contributed by atoms with Crippen molar-refractivity contribution in [2.24, 2.45) is 48.6 Å². The van der Waals surface area contributed by atoms with Crippen LogP contribution >= 0.6 is 47.4 Å². The Kier molecular flexibility index (Phi) is 22.3. The van der Waals surface area contributed by atoms with Crippen LogP contribution < -0.4 is 96.4 Å². The van der Waals surface area contributed by atoms with Crippen molar-refractivity contribution in [1.82, 2.24) is 28.7 Å². The Morgan fingerprint density at radius 1 is 0.247 bits per heavy atom. The van der Waals surface area contributed by atoms with Crippen LogP contribution in [0, 0.1) is 0 Å². The first kappa shape index (κ1) is 68.6. The van der Waals surface area contributed by atoms with Crippen molar-refractivity contribution in [2.75, 3.05) is 42.3 Å². The molecule has 0 atom stereocenters. The van der Waals surface area contributed by atoms with E-state index in [0.29, 0.717) is 17.2 Å². The molecule has 29 heteroatoms. The Morgan fingerprint density at radius 3 is 0.539 bits per heavy atom. The summed E-state index contributed by atoms with van der Waals surface area (Å²) in [5.41, 5.74) is 0. The van der Waals surface area contributed by atoms with Crippen molar-refractivity contribution in [3.63, 3.8) is 0 Å². The number of hydrogen-bond donors (Lipinski definition) is 6. The van der Waals surface area contributed by atoms with Crippen LogP contribution in [0.15, 0.2) is 268 Å². The van der Waals surface area contributed by atoms with Crippen LogP contribution in [-0.2, 0) is 47.2 Å². The van der Waals surface area contributed by atoms with Crippen molar-refractivity contribution in [3.8, 4) is 17.2 Å². The first-order valence-corrected chi connectivity index (χ1v) is 43.2. The third-order valence-electron chi connectivity index (χ3n) is 14.3. The zero-order valence-electron chi connectivity index (χ0n) is 49.7. The van der Waals surface area contributed by atoms with Gasteiger partial charge < -0.3 is 13.6 Å². The van der Waals surface area contributed by atoms with Gasteiger partial charge in [-0.1, -0.05) is 182 Å². The van der Waals surface area contributed by atoms with Gasteiger partial charge in [-0.25, -0.2) is 13.5 Å². The molecule has 464 valence electrons. The maximum Gasteiger partial charge on any atom is 0.490 e. The second-order valence-corrected chi connectivity index (χ2v) is 45.0. The van der Waals surface area contributed by atoms with Crippen molar-refractivity contribution >= 4 is 142 Å². The van der Waals surface area contributed by atoms with Crippen LogP contribution in [0.4, 0.5) is 0 Å². The minimum absolute atomic E-state index is 0.356. The fraction of sp³-hybridized carbons (Fsp3) is 0.100. The number of benzene rings is 9. The highest BCUT2D eigenvalue weighted by molar-refractivity contribution is 8.15. The van der Waals surface area contributed by atoms with E-state index in [1.54, 1.807) is 42.3 Å². The van der Waals surface area contributed by atoms with E-state index in [1.165, 1.54) is 28.7 Å². The summed E-state index contributed by atoms with van der Waals surface area (Å²) in [4.78, 5) is 0. The van der Waals surface area contributed by atoms with Gasteiger partial charge in [0.1, 0.15) is 17.2 Å². The molecule has 0 bridgehead atoms. The Bertz CT molecular complexity index is 3650. The summed E-state index contributed by atoms with van der Waals surface area (Å²) in [6.07, 6.45) is 0. The number of hydrogen-bond acceptors (Lipinski definition) is 13. The average molecular weight is 1400 g/mol. The quantitative estimate of drug-likeness (QED) is 0.0188. The Hall–Kier alpha value is -4.81. The fourth-order valence-corrected chi connectivity index (χ4v) is 35.2. The Labute approximate surface area is 543 Å². The van der Waals surface area contributed by atoms with E-state index in [1.807, 2.05) is 182 Å². The topological polar surface area (TPSA) is 240 Å². The maximum atomic E-state index is 6.95. The summed E-state index contributed by atoms with van der Waals surface area (Å²) >= 11 is 25.6. The molecule has 9 rings (SSSR count). The fourth-order valence-electron chi connectivity index (χ4n) is 9.85. The lowest BCUT2D eigenvalue weighted by Crippen LogP contribution is -2.35. The number of hydrazine groups is 6. The second-order valence-electron chi connectivity index (χ2n) is 20.4. The van der Waals surface area contributed by atoms with Gasteiger partial charge in [-0.2, -0.15) is 28.7 Å². The molecule has 0 aliphatic carbocycles. The van der Waals surface area contributed by atoms with Crippen molar-refractivity contribution < 1.29 is 13.6 Å². The summed E-state index contributed by atoms with van der Waals surface area (Å²) in [6.45, 7) is -13.4. The van der Waals surface area contributed by atoms with E-state index in [4.69, 9.17) is 109 Å². The van der Waals surface area contributed by atoms with E-state index in [2.05, 4.69) is 72.8 Å². The van der Waals surface area contributed by atoms with Crippen LogP contribution in [0.25, 0.3) is 0 Å². The lowest BCUT2D eigenvalue weighted by Gasteiger charge is -2.35. The molecule has 12 N–H and O–H groups in total. The highest BCUT2D eigenvalue weighted by atomic mass is 32.5. The van der Waals surface area contributed by atoms with Crippen LogP contribution in [0.1, 0.15) is 0 Å². The standard InChI is InChI=1S/C60H72N15O3P7S4/c1-70(61)82(86,71(2)62)67-79(52-25-13-7-14-26-52,53-27-15-8-16-28-53)58-43-37-49(38-44-58)76-85(89,77-50-39-45-59(46-40-50)80(54-29-17-9-18-30-54,55-31-19-10-20-32-55)68-83(87,72(3)63)73(4)64)78-51-41-47-60(48-42-51)81(56-33-21-11-22-34-56,57-35-23-12-24-36-57)69-84(88,74(5)65)75(6)66/h7-48H,61-66H2,1-6H3. The SMILES string of the molecule is CN(N)P(=S)(N=P(c1ccccc1)(c1ccccc1)c1ccc(OP(=S)(Oc2ccc(P(=NP(=S)(N(C)N)N(C)N)(c3ccccc3)c3ccccc3)cc2)Oc2ccc(P(=NP(=S)(N(C)N)N(C)N)(c3ccccc3)c3ccccc3)cc2)cc1)N(C)N. The second kappa shape index (κ2) is 29.0. The minimum Gasteiger partial charge on any atom is -0.407 e. The Balaban J connectivity index is 1.22. The van der Waals surface area contributed by atoms with Crippen molar-refractivity contribution in [2.45, 2.75) is 0 Å². The molecule has 89 heavy (non-hydrogen) atoms. The third-order valence-corrected chi connectivity index (χ3v) is 43.2. The highest BCUT2D eigenvalue weighted by Gasteiger charge is 2.39. The normalized spacial score (nSPS) is 12.8. The molecule has 0 amide bonds. The summed E-state index contributed by atoms with van der Waals surface area (Å²) in [6, 6.07) is 83.3. The van der Waals surface area contributed by atoms with Crippen molar-refractivity contribution in [3.05, 3.63) is 255 Å². The molecule has 0 saturated carbocycles. The molecule has 0 fully saturated rings. The molecule has 0 saturated heterocycles. The molecule has 0 unspecified atom stereocenters. The summed E-state index contributed by atoms with van der Waals surface area (Å²) in [7, 11) is 1.18. The molecule has 9 aromatic rings. The Morgan fingerprint density at radius 2 is 0.393 bits per heavy atom. The lowest BCUT2D eigenvalue weighted by molar-refractivity contribution is 0.384. The molecule has 0 heterocycles. The van der Waals surface area contributed by atoms with Crippen LogP contribution in [-0.4, -0.2) is 71.0 Å². The molecule has 9 aromatic carbocycles. The van der Waals surface area contributed by atoms with Gasteiger partial charge in [-0.15, -0.1) is 0 Å². The van der Waals surface area contributed by atoms with Crippen molar-refractivity contribution in [1.29, 1.82) is 0 Å². The molecular weight excluding hydrogens is 1320 g/mol. The number of rotatable bonds is 24. The van der Waals surface area contributed by atoms with Crippen LogP contribution in [0.2, 0.25) is 0 Å². The van der Waals surface area contributed by atoms with Gasteiger partial charge >= 0.3 is 6.72 Å². The molecule has 0 aromatic heterocycles. The number of nitrogens with two attached hydrogens (primary N) is 6. The molecule has 0 spiro atoms. The monoisotopic (exact) mass is 1400 g/mol. The zero-order chi connectivity index (χ0) is 63.8. The van der Waals surface area contributed by atoms with Gasteiger partial charge in [0.25, 0.3) is 0 Å². The first-order chi connectivity index (χ1) is 42.5. The van der Waals surface area contributed by atoms with E-state index < -0.39 is 47.4 Å². The minimum atomic E-state index is -3.96. The third kappa shape index (κ3) is 14.2. The van der Waals surface area contributed by atoms with Gasteiger partial charge in [0.15, 0.2) is 0 Å². The maximum absolute atomic E-state index is 6.95. The largest absolute Gasteiger partial charge is 0.490 e. The molecular formula is C60H72N15O3P7S4. The summed E-state index contributed by atoms with van der Waals surface area (Å²) in [5.74, 6) is 40.5. The van der Waals surface area contributed by atoms with Gasteiger partial charge in [0, 0.05) is 102 Å². The first-order valence-electron chi connectivity index (χ1n) is 27.5. The summed E-state index contributed by atoms with van der Waals surface area (Å²) < 4.78 is 46.5. The predicted octanol–water partition coefficient (Wildman–Crippen LogP) is 9.39. The molecule has 0 aliphatic heterocycles. The van der Waals surface area contributed by atoms with Crippen LogP contribution in [0.3, 0.4) is 0 Å². The zero-order valence-corrected chi connectivity index (χ0v) is 59.3. The lowest BCUT2D eigenvalue weighted by atomic mass is 10.3. The molecule has 0 aliphatic rings. The number of nitrogens with zero attached hydrogens (tertiary/aromatic N) is 9. The molecule has 18 nitrogen and oxygen atoms in total. The summed E-state index contributed by atoms with van der Waals surface area (Å²) in [5, 5.41) is 8.19. The average Bonchev–Trinajstić information content (AvgIpc) is 0.837. The van der Waals surface area contributed by atoms with Gasteiger partial charge in [-0.3, -0.25) is 35.1 Å². The van der Waals surface area contributed by atoms with Gasteiger partial charge in [-0.05, 0) is 108 Å². The van der Waals surface area contributed by atoms with Gasteiger partial charge in [0.05, 0.1) is 21.2 Å².